The van der Waals surface area contributed by atoms with Gasteiger partial charge in [-0.3, -0.25) is 14.9 Å². The molecule has 2 aromatic rings. The van der Waals surface area contributed by atoms with E-state index in [2.05, 4.69) is 4.74 Å². The summed E-state index contributed by atoms with van der Waals surface area (Å²) >= 11 is 0. The zero-order chi connectivity index (χ0) is 26.3. The summed E-state index contributed by atoms with van der Waals surface area (Å²) in [5.74, 6) is -2.38. The average molecular weight is 488 g/mol. The molecule has 35 heavy (non-hydrogen) atoms. The highest BCUT2D eigenvalue weighted by Gasteiger charge is 2.27. The minimum atomic E-state index is -1.04. The molecule has 10 nitrogen and oxygen atoms in total. The molecular weight excluding hydrogens is 463 g/mol. The highest BCUT2D eigenvalue weighted by molar-refractivity contribution is 6.03. The molecule has 0 N–H and O–H groups in total. The molecule has 0 bridgehead atoms. The van der Waals surface area contributed by atoms with Crippen LogP contribution >= 0.6 is 0 Å². The molecule has 2 amide bonds. The first kappa shape index (κ1) is 27.0. The number of imide groups is 1. The van der Waals surface area contributed by atoms with Crippen molar-refractivity contribution in [1.29, 1.82) is 0 Å². The summed E-state index contributed by atoms with van der Waals surface area (Å²) in [6, 6.07) is 7.95. The number of ether oxygens (including phenoxy) is 3. The van der Waals surface area contributed by atoms with Crippen LogP contribution in [0.4, 0.5) is 14.9 Å². The first-order chi connectivity index (χ1) is 16.4. The van der Waals surface area contributed by atoms with Crippen molar-refractivity contribution in [2.45, 2.75) is 32.9 Å². The molecule has 0 saturated carbocycles. The van der Waals surface area contributed by atoms with Crippen molar-refractivity contribution in [3.05, 3.63) is 75.1 Å². The van der Waals surface area contributed by atoms with Crippen LogP contribution in [-0.4, -0.2) is 47.6 Å². The Morgan fingerprint density at radius 1 is 1.11 bits per heavy atom. The number of rotatable bonds is 7. The number of halogens is 1. The summed E-state index contributed by atoms with van der Waals surface area (Å²) in [5, 5.41) is 11.4. The Labute approximate surface area is 201 Å². The first-order valence-electron chi connectivity index (χ1n) is 10.3. The van der Waals surface area contributed by atoms with Crippen molar-refractivity contribution in [2.75, 3.05) is 14.2 Å². The van der Waals surface area contributed by atoms with Gasteiger partial charge in [0.25, 0.3) is 11.6 Å². The number of benzene rings is 2. The van der Waals surface area contributed by atoms with E-state index in [1.807, 2.05) is 0 Å². The lowest BCUT2D eigenvalue weighted by molar-refractivity contribution is -0.385. The van der Waals surface area contributed by atoms with Gasteiger partial charge in [0.05, 0.1) is 42.9 Å². The highest BCUT2D eigenvalue weighted by Crippen LogP contribution is 2.27. The number of nitro groups is 1. The Morgan fingerprint density at radius 2 is 1.74 bits per heavy atom. The largest absolute Gasteiger partial charge is 0.497 e. The summed E-state index contributed by atoms with van der Waals surface area (Å²) in [5.41, 5.74) is -1.91. The Morgan fingerprint density at radius 3 is 2.26 bits per heavy atom. The topological polar surface area (TPSA) is 125 Å². The van der Waals surface area contributed by atoms with Crippen LogP contribution in [-0.2, 0) is 20.8 Å². The van der Waals surface area contributed by atoms with E-state index in [1.54, 1.807) is 45.0 Å². The molecule has 0 spiro atoms. The second-order valence-electron chi connectivity index (χ2n) is 8.22. The lowest BCUT2D eigenvalue weighted by Gasteiger charge is -2.25. The van der Waals surface area contributed by atoms with Crippen LogP contribution in [0.3, 0.4) is 0 Å². The molecule has 0 aliphatic carbocycles. The van der Waals surface area contributed by atoms with Gasteiger partial charge in [-0.05, 0) is 50.6 Å². The monoisotopic (exact) mass is 488 g/mol. The Hall–Kier alpha value is -4.28. The highest BCUT2D eigenvalue weighted by atomic mass is 19.1. The predicted molar refractivity (Wildman–Crippen MR) is 123 cm³/mol. The predicted octanol–water partition coefficient (Wildman–Crippen LogP) is 4.51. The van der Waals surface area contributed by atoms with Crippen molar-refractivity contribution in [1.82, 2.24) is 4.90 Å². The second kappa shape index (κ2) is 11.2. The van der Waals surface area contributed by atoms with E-state index in [1.165, 1.54) is 7.11 Å². The summed E-state index contributed by atoms with van der Waals surface area (Å²) in [6.45, 7) is 4.70. The Kier molecular flexibility index (Phi) is 8.65. The second-order valence-corrected chi connectivity index (χ2v) is 8.22. The third-order valence-electron chi connectivity index (χ3n) is 4.50. The van der Waals surface area contributed by atoms with Crippen LogP contribution in [0.1, 0.15) is 42.3 Å². The maximum absolute atomic E-state index is 13.9. The van der Waals surface area contributed by atoms with Crippen molar-refractivity contribution >= 4 is 29.7 Å². The van der Waals surface area contributed by atoms with Crippen LogP contribution in [0.2, 0.25) is 0 Å². The average Bonchev–Trinajstić information content (AvgIpc) is 2.79. The molecule has 0 aliphatic heterocycles. The van der Waals surface area contributed by atoms with Gasteiger partial charge >= 0.3 is 12.1 Å². The van der Waals surface area contributed by atoms with E-state index < -0.39 is 45.6 Å². The molecule has 0 aromatic heterocycles. The summed E-state index contributed by atoms with van der Waals surface area (Å²) in [4.78, 5) is 49.2. The van der Waals surface area contributed by atoms with Gasteiger partial charge in [-0.25, -0.2) is 18.9 Å². The number of carbonyl (C=O) groups is 3. The van der Waals surface area contributed by atoms with Gasteiger partial charge in [0.15, 0.2) is 0 Å². The third-order valence-corrected chi connectivity index (χ3v) is 4.50. The number of nitro benzene ring substituents is 1. The first-order valence-corrected chi connectivity index (χ1v) is 10.3. The van der Waals surface area contributed by atoms with Crippen LogP contribution in [0, 0.1) is 15.9 Å². The standard InChI is InChI=1S/C24H25FN2O8/c1-24(2,3)35-23(30)26(14-15-6-8-17(33-4)9-7-15)21(28)11-10-18-19(22(29)34-5)12-16(25)13-20(18)27(31)32/h6-13H,14H2,1-5H3/b11-10+. The van der Waals surface area contributed by atoms with Crippen molar-refractivity contribution in [3.8, 4) is 5.75 Å². The number of methoxy groups -OCH3 is 2. The van der Waals surface area contributed by atoms with Gasteiger partial charge in [-0.1, -0.05) is 12.1 Å². The molecule has 0 radical (unpaired) electrons. The normalized spacial score (nSPS) is 11.1. The quantitative estimate of drug-likeness (QED) is 0.241. The molecule has 0 fully saturated rings. The van der Waals surface area contributed by atoms with E-state index in [0.717, 1.165) is 30.2 Å². The number of amides is 2. The van der Waals surface area contributed by atoms with Crippen molar-refractivity contribution in [3.63, 3.8) is 0 Å². The summed E-state index contributed by atoms with van der Waals surface area (Å²) in [7, 11) is 2.52. The van der Waals surface area contributed by atoms with Crippen molar-refractivity contribution < 1.29 is 37.9 Å². The third kappa shape index (κ3) is 7.36. The number of esters is 1. The molecule has 0 heterocycles. The van der Waals surface area contributed by atoms with Gasteiger partial charge in [-0.2, -0.15) is 0 Å². The van der Waals surface area contributed by atoms with Crippen molar-refractivity contribution in [2.24, 2.45) is 0 Å². The maximum atomic E-state index is 13.9. The fraction of sp³-hybridized carbons (Fsp3) is 0.292. The minimum Gasteiger partial charge on any atom is -0.497 e. The van der Waals surface area contributed by atoms with Gasteiger partial charge < -0.3 is 14.2 Å². The van der Waals surface area contributed by atoms with E-state index in [0.29, 0.717) is 17.4 Å². The molecule has 0 aliphatic rings. The molecule has 0 unspecified atom stereocenters. The molecular formula is C24H25FN2O8. The zero-order valence-electron chi connectivity index (χ0n) is 19.9. The van der Waals surface area contributed by atoms with Crippen LogP contribution in [0.25, 0.3) is 6.08 Å². The fourth-order valence-electron chi connectivity index (χ4n) is 2.92. The number of carbonyl (C=O) groups excluding carboxylic acids is 3. The van der Waals surface area contributed by atoms with E-state index >= 15 is 0 Å². The SMILES string of the molecule is COC(=O)c1cc(F)cc([N+](=O)[O-])c1/C=C/C(=O)N(Cc1ccc(OC)cc1)C(=O)OC(C)(C)C. The molecule has 0 saturated heterocycles. The Balaban J connectivity index is 2.48. The van der Waals surface area contributed by atoms with E-state index in [-0.39, 0.29) is 12.1 Å². The number of hydrogen-bond donors (Lipinski definition) is 0. The zero-order valence-corrected chi connectivity index (χ0v) is 19.9. The molecule has 186 valence electrons. The van der Waals surface area contributed by atoms with Gasteiger partial charge in [0.2, 0.25) is 0 Å². The van der Waals surface area contributed by atoms with Gasteiger partial charge in [0, 0.05) is 6.08 Å². The fourth-order valence-corrected chi connectivity index (χ4v) is 2.92. The minimum absolute atomic E-state index is 0.183. The lowest BCUT2D eigenvalue weighted by atomic mass is 10.0. The van der Waals surface area contributed by atoms with Crippen LogP contribution in [0.15, 0.2) is 42.5 Å². The van der Waals surface area contributed by atoms with Gasteiger partial charge in [0.1, 0.15) is 17.2 Å². The summed E-state index contributed by atoms with van der Waals surface area (Å²) < 4.78 is 28.9. The lowest BCUT2D eigenvalue weighted by Crippen LogP contribution is -2.39. The number of hydrogen-bond acceptors (Lipinski definition) is 8. The molecule has 2 rings (SSSR count). The molecule has 2 aromatic carbocycles. The maximum Gasteiger partial charge on any atom is 0.417 e. The summed E-state index contributed by atoms with van der Waals surface area (Å²) in [6.07, 6.45) is 0.863. The van der Waals surface area contributed by atoms with Crippen LogP contribution in [0.5, 0.6) is 5.75 Å². The molecule has 0 atom stereocenters. The van der Waals surface area contributed by atoms with E-state index in [4.69, 9.17) is 9.47 Å². The van der Waals surface area contributed by atoms with Gasteiger partial charge in [-0.15, -0.1) is 0 Å². The number of nitrogens with zero attached hydrogens (tertiary/aromatic N) is 2. The molecule has 11 heteroatoms. The Bertz CT molecular complexity index is 1150. The van der Waals surface area contributed by atoms with Crippen LogP contribution < -0.4 is 4.74 Å². The smallest absolute Gasteiger partial charge is 0.417 e. The van der Waals surface area contributed by atoms with E-state index in [9.17, 15) is 28.9 Å².